The molecule has 0 N–H and O–H groups in total. The Hall–Kier alpha value is -2.93. The first kappa shape index (κ1) is 20.3. The summed E-state index contributed by atoms with van der Waals surface area (Å²) in [5.74, 6) is 1.14. The summed E-state index contributed by atoms with van der Waals surface area (Å²) >= 11 is 1.43. The fourth-order valence-corrected chi connectivity index (χ4v) is 4.32. The standard InChI is InChI=1S/C23H25N5OS/c1-3-13-27-22(19-11-7-8-17(2)15-19)24-25-23(27)30-16-21(29)28-14-12-20(26-28)18-9-5-4-6-10-18/h4-11,15H,3,12-14,16H2,1-2H3. The van der Waals surface area contributed by atoms with E-state index in [-0.39, 0.29) is 5.91 Å². The summed E-state index contributed by atoms with van der Waals surface area (Å²) in [6, 6.07) is 18.3. The monoisotopic (exact) mass is 419 g/mol. The van der Waals surface area contributed by atoms with Crippen LogP contribution in [0.1, 0.15) is 30.9 Å². The lowest BCUT2D eigenvalue weighted by atomic mass is 10.1. The van der Waals surface area contributed by atoms with Crippen molar-refractivity contribution in [3.63, 3.8) is 0 Å². The van der Waals surface area contributed by atoms with Crippen molar-refractivity contribution in [2.24, 2.45) is 5.10 Å². The number of carbonyl (C=O) groups excluding carboxylic acids is 1. The van der Waals surface area contributed by atoms with Gasteiger partial charge in [0.25, 0.3) is 5.91 Å². The number of hydrazone groups is 1. The van der Waals surface area contributed by atoms with Crippen LogP contribution in [0.4, 0.5) is 0 Å². The van der Waals surface area contributed by atoms with Crippen molar-refractivity contribution < 1.29 is 4.79 Å². The normalized spacial score (nSPS) is 13.5. The minimum absolute atomic E-state index is 0.00548. The van der Waals surface area contributed by atoms with Gasteiger partial charge in [-0.3, -0.25) is 4.79 Å². The molecule has 0 aliphatic carbocycles. The molecule has 0 fully saturated rings. The van der Waals surface area contributed by atoms with Gasteiger partial charge in [0.1, 0.15) is 0 Å². The second-order valence-corrected chi connectivity index (χ2v) is 8.24. The van der Waals surface area contributed by atoms with Gasteiger partial charge in [-0.15, -0.1) is 10.2 Å². The average Bonchev–Trinajstić information content (AvgIpc) is 3.41. The highest BCUT2D eigenvalue weighted by Gasteiger charge is 2.23. The quantitative estimate of drug-likeness (QED) is 0.533. The van der Waals surface area contributed by atoms with E-state index < -0.39 is 0 Å². The van der Waals surface area contributed by atoms with E-state index in [9.17, 15) is 4.79 Å². The molecule has 154 valence electrons. The number of hydrogen-bond donors (Lipinski definition) is 0. The van der Waals surface area contributed by atoms with E-state index in [1.165, 1.54) is 17.3 Å². The van der Waals surface area contributed by atoms with Gasteiger partial charge in [0.2, 0.25) is 0 Å². The molecule has 0 atom stereocenters. The van der Waals surface area contributed by atoms with Crippen LogP contribution < -0.4 is 0 Å². The first-order chi connectivity index (χ1) is 14.7. The largest absolute Gasteiger partial charge is 0.302 e. The highest BCUT2D eigenvalue weighted by molar-refractivity contribution is 7.99. The number of aryl methyl sites for hydroxylation is 1. The van der Waals surface area contributed by atoms with Gasteiger partial charge in [-0.25, -0.2) is 5.01 Å². The van der Waals surface area contributed by atoms with E-state index in [2.05, 4.69) is 45.8 Å². The molecule has 1 aromatic heterocycles. The lowest BCUT2D eigenvalue weighted by molar-refractivity contribution is -0.127. The zero-order valence-corrected chi connectivity index (χ0v) is 18.1. The van der Waals surface area contributed by atoms with Gasteiger partial charge in [-0.1, -0.05) is 72.8 Å². The summed E-state index contributed by atoms with van der Waals surface area (Å²) in [7, 11) is 0. The Morgan fingerprint density at radius 2 is 1.87 bits per heavy atom. The topological polar surface area (TPSA) is 63.4 Å². The third-order valence-electron chi connectivity index (χ3n) is 4.96. The maximum absolute atomic E-state index is 12.7. The molecule has 2 aromatic carbocycles. The van der Waals surface area contributed by atoms with Crippen molar-refractivity contribution in [1.29, 1.82) is 0 Å². The molecule has 30 heavy (non-hydrogen) atoms. The van der Waals surface area contributed by atoms with Gasteiger partial charge in [-0.2, -0.15) is 5.10 Å². The average molecular weight is 420 g/mol. The van der Waals surface area contributed by atoms with Gasteiger partial charge in [0.15, 0.2) is 11.0 Å². The fraction of sp³-hybridized carbons (Fsp3) is 0.304. The summed E-state index contributed by atoms with van der Waals surface area (Å²) in [6.07, 6.45) is 1.75. The molecule has 2 heterocycles. The van der Waals surface area contributed by atoms with Gasteiger partial charge in [0, 0.05) is 18.5 Å². The Morgan fingerprint density at radius 1 is 1.07 bits per heavy atom. The van der Waals surface area contributed by atoms with Crippen molar-refractivity contribution in [3.05, 3.63) is 65.7 Å². The lowest BCUT2D eigenvalue weighted by Crippen LogP contribution is -2.25. The third-order valence-corrected chi connectivity index (χ3v) is 5.91. The van der Waals surface area contributed by atoms with E-state index in [1.807, 2.05) is 42.5 Å². The molecule has 0 unspecified atom stereocenters. The van der Waals surface area contributed by atoms with Crippen LogP contribution in [0, 0.1) is 6.92 Å². The van der Waals surface area contributed by atoms with Crippen LogP contribution in [-0.2, 0) is 11.3 Å². The summed E-state index contributed by atoms with van der Waals surface area (Å²) in [6.45, 7) is 5.63. The predicted octanol–water partition coefficient (Wildman–Crippen LogP) is 4.39. The van der Waals surface area contributed by atoms with Crippen LogP contribution in [0.15, 0.2) is 64.9 Å². The van der Waals surface area contributed by atoms with Gasteiger partial charge < -0.3 is 4.57 Å². The molecule has 0 radical (unpaired) electrons. The molecule has 0 saturated carbocycles. The van der Waals surface area contributed by atoms with Crippen molar-refractivity contribution in [2.45, 2.75) is 38.4 Å². The zero-order valence-electron chi connectivity index (χ0n) is 17.3. The zero-order chi connectivity index (χ0) is 20.9. The Kier molecular flexibility index (Phi) is 6.28. The predicted molar refractivity (Wildman–Crippen MR) is 121 cm³/mol. The molecular weight excluding hydrogens is 394 g/mol. The van der Waals surface area contributed by atoms with Crippen LogP contribution >= 0.6 is 11.8 Å². The smallest absolute Gasteiger partial charge is 0.253 e. The summed E-state index contributed by atoms with van der Waals surface area (Å²) in [4.78, 5) is 12.7. The first-order valence-electron chi connectivity index (χ1n) is 10.2. The van der Waals surface area contributed by atoms with Crippen molar-refractivity contribution in [1.82, 2.24) is 19.8 Å². The highest BCUT2D eigenvalue weighted by atomic mass is 32.2. The summed E-state index contributed by atoms with van der Waals surface area (Å²) in [5.41, 5.74) is 4.27. The van der Waals surface area contributed by atoms with Crippen LogP contribution in [0.2, 0.25) is 0 Å². The minimum atomic E-state index is -0.00548. The second-order valence-electron chi connectivity index (χ2n) is 7.30. The number of rotatable bonds is 7. The molecule has 4 rings (SSSR count). The maximum atomic E-state index is 12.7. The number of aromatic nitrogens is 3. The highest BCUT2D eigenvalue weighted by Crippen LogP contribution is 2.26. The first-order valence-corrected chi connectivity index (χ1v) is 11.2. The second kappa shape index (κ2) is 9.26. The fourth-order valence-electron chi connectivity index (χ4n) is 3.49. The van der Waals surface area contributed by atoms with Crippen LogP contribution in [0.5, 0.6) is 0 Å². The summed E-state index contributed by atoms with van der Waals surface area (Å²) in [5, 5.41) is 15.7. The summed E-state index contributed by atoms with van der Waals surface area (Å²) < 4.78 is 2.11. The number of amides is 1. The lowest BCUT2D eigenvalue weighted by Gasteiger charge is -2.12. The number of thioether (sulfide) groups is 1. The van der Waals surface area contributed by atoms with E-state index in [1.54, 1.807) is 5.01 Å². The van der Waals surface area contributed by atoms with E-state index in [0.717, 1.165) is 47.2 Å². The molecule has 1 aliphatic rings. The maximum Gasteiger partial charge on any atom is 0.253 e. The molecular formula is C23H25N5OS. The third kappa shape index (κ3) is 4.46. The molecule has 0 bridgehead atoms. The molecule has 3 aromatic rings. The number of hydrogen-bond acceptors (Lipinski definition) is 5. The van der Waals surface area contributed by atoms with E-state index in [0.29, 0.717) is 12.3 Å². The molecule has 7 heteroatoms. The van der Waals surface area contributed by atoms with Crippen LogP contribution in [-0.4, -0.2) is 43.7 Å². The van der Waals surface area contributed by atoms with Gasteiger partial charge >= 0.3 is 0 Å². The molecule has 1 aliphatic heterocycles. The number of benzene rings is 2. The number of nitrogens with zero attached hydrogens (tertiary/aromatic N) is 5. The Morgan fingerprint density at radius 3 is 2.63 bits per heavy atom. The molecule has 0 saturated heterocycles. The Bertz CT molecular complexity index is 1060. The SMILES string of the molecule is CCCn1c(SCC(=O)N2CCC(c3ccccc3)=N2)nnc1-c1cccc(C)c1. The van der Waals surface area contributed by atoms with E-state index >= 15 is 0 Å². The molecule has 6 nitrogen and oxygen atoms in total. The van der Waals surface area contributed by atoms with Gasteiger partial charge in [-0.05, 0) is 25.0 Å². The van der Waals surface area contributed by atoms with Crippen molar-refractivity contribution >= 4 is 23.4 Å². The van der Waals surface area contributed by atoms with Crippen LogP contribution in [0.25, 0.3) is 11.4 Å². The molecule has 1 amide bonds. The molecule has 0 spiro atoms. The minimum Gasteiger partial charge on any atom is -0.302 e. The Balaban J connectivity index is 1.46. The van der Waals surface area contributed by atoms with Gasteiger partial charge in [0.05, 0.1) is 18.0 Å². The Labute approximate surface area is 181 Å². The van der Waals surface area contributed by atoms with Crippen molar-refractivity contribution in [3.8, 4) is 11.4 Å². The van der Waals surface area contributed by atoms with E-state index in [4.69, 9.17) is 0 Å². The van der Waals surface area contributed by atoms with Crippen molar-refractivity contribution in [2.75, 3.05) is 12.3 Å². The van der Waals surface area contributed by atoms with Crippen LogP contribution in [0.3, 0.4) is 0 Å². The number of carbonyl (C=O) groups is 1.